The van der Waals surface area contributed by atoms with E-state index in [4.69, 9.17) is 11.5 Å². The Balaban J connectivity index is 1.96. The van der Waals surface area contributed by atoms with E-state index in [0.717, 1.165) is 16.8 Å². The fourth-order valence-electron chi connectivity index (χ4n) is 1.58. The molecule has 0 saturated heterocycles. The second-order valence-corrected chi connectivity index (χ2v) is 6.45. The van der Waals surface area contributed by atoms with Crippen LogP contribution in [0.25, 0.3) is 0 Å². The minimum absolute atomic E-state index is 0.288. The number of hydrogen-bond acceptors (Lipinski definition) is 5. The normalized spacial score (nSPS) is 10.4. The van der Waals surface area contributed by atoms with Crippen LogP contribution in [0.2, 0.25) is 0 Å². The van der Waals surface area contributed by atoms with Crippen LogP contribution < -0.4 is 16.8 Å². The van der Waals surface area contributed by atoms with Crippen molar-refractivity contribution in [2.24, 2.45) is 5.73 Å². The molecule has 1 amide bonds. The van der Waals surface area contributed by atoms with Gasteiger partial charge in [0.2, 0.25) is 0 Å². The van der Waals surface area contributed by atoms with Gasteiger partial charge in [-0.1, -0.05) is 0 Å². The molecule has 2 aromatic heterocycles. The van der Waals surface area contributed by atoms with E-state index in [1.165, 1.54) is 11.1 Å². The van der Waals surface area contributed by atoms with E-state index in [1.54, 1.807) is 17.4 Å². The van der Waals surface area contributed by atoms with Crippen LogP contribution in [0.4, 0.5) is 11.5 Å². The van der Waals surface area contributed by atoms with Crippen LogP contribution in [0.15, 0.2) is 28.2 Å². The van der Waals surface area contributed by atoms with Crippen molar-refractivity contribution in [2.75, 3.05) is 17.6 Å². The smallest absolute Gasteiger partial charge is 0.250 e. The number of hydrogen-bond donors (Lipinski definition) is 3. The van der Waals surface area contributed by atoms with Crippen molar-refractivity contribution < 1.29 is 4.79 Å². The molecule has 0 aliphatic rings. The zero-order valence-corrected chi connectivity index (χ0v) is 12.4. The number of pyridine rings is 1. The minimum Gasteiger partial charge on any atom is -0.397 e. The lowest BCUT2D eigenvalue weighted by molar-refractivity contribution is 0.100. The van der Waals surface area contributed by atoms with Crippen LogP contribution in [0.1, 0.15) is 15.2 Å². The molecular weight excluding hydrogens is 328 g/mol. The molecule has 100 valence electrons. The second-order valence-electron chi connectivity index (χ2n) is 3.90. The summed E-state index contributed by atoms with van der Waals surface area (Å²) in [5.41, 5.74) is 11.4. The Morgan fingerprint density at radius 3 is 2.89 bits per heavy atom. The minimum atomic E-state index is -0.551. The molecule has 0 aliphatic heterocycles. The van der Waals surface area contributed by atoms with Crippen LogP contribution in [0, 0.1) is 0 Å². The molecule has 2 rings (SSSR count). The predicted molar refractivity (Wildman–Crippen MR) is 81.4 cm³/mol. The van der Waals surface area contributed by atoms with Gasteiger partial charge in [0.05, 0.1) is 21.2 Å². The Bertz CT molecular complexity index is 599. The molecule has 2 aromatic rings. The largest absolute Gasteiger partial charge is 0.397 e. The van der Waals surface area contributed by atoms with Crippen molar-refractivity contribution in [3.05, 3.63) is 38.6 Å². The third-order valence-corrected chi connectivity index (χ3v) is 4.19. The van der Waals surface area contributed by atoms with E-state index in [9.17, 15) is 4.79 Å². The maximum atomic E-state index is 11.2. The van der Waals surface area contributed by atoms with Crippen molar-refractivity contribution in [1.29, 1.82) is 0 Å². The first-order chi connectivity index (χ1) is 9.06. The SMILES string of the molecule is NC(=O)c1cc(NCCc2ccc(Br)s2)ncc1N. The summed E-state index contributed by atoms with van der Waals surface area (Å²) in [7, 11) is 0. The summed E-state index contributed by atoms with van der Waals surface area (Å²) in [6.45, 7) is 0.724. The predicted octanol–water partition coefficient (Wildman–Crippen LogP) is 2.24. The number of amides is 1. The van der Waals surface area contributed by atoms with Gasteiger partial charge in [-0.3, -0.25) is 4.79 Å². The first-order valence-electron chi connectivity index (χ1n) is 5.59. The molecule has 0 saturated carbocycles. The summed E-state index contributed by atoms with van der Waals surface area (Å²) in [6, 6.07) is 5.66. The van der Waals surface area contributed by atoms with E-state index in [0.29, 0.717) is 11.5 Å². The van der Waals surface area contributed by atoms with E-state index < -0.39 is 5.91 Å². The molecule has 2 heterocycles. The van der Waals surface area contributed by atoms with Crippen molar-refractivity contribution in [1.82, 2.24) is 4.98 Å². The lowest BCUT2D eigenvalue weighted by Gasteiger charge is -2.07. The molecule has 0 aromatic carbocycles. The third kappa shape index (κ3) is 3.68. The molecule has 0 aliphatic carbocycles. The van der Waals surface area contributed by atoms with Crippen LogP contribution in [-0.2, 0) is 6.42 Å². The number of carbonyl (C=O) groups is 1. The molecule has 0 fully saturated rings. The Kier molecular flexibility index (Phi) is 4.39. The molecule has 5 nitrogen and oxygen atoms in total. The average Bonchev–Trinajstić information content (AvgIpc) is 2.77. The van der Waals surface area contributed by atoms with E-state index in [-0.39, 0.29) is 5.56 Å². The number of rotatable bonds is 5. The van der Waals surface area contributed by atoms with Gasteiger partial charge in [0, 0.05) is 11.4 Å². The van der Waals surface area contributed by atoms with Crippen LogP contribution >= 0.6 is 27.3 Å². The number of nitrogen functional groups attached to an aromatic ring is 1. The Morgan fingerprint density at radius 2 is 2.26 bits per heavy atom. The standard InChI is InChI=1S/C12H13BrN4OS/c13-10-2-1-7(19-10)3-4-16-11-5-8(12(15)18)9(14)6-17-11/h1-2,5-6H,3-4,14H2,(H2,15,18)(H,16,17). The van der Waals surface area contributed by atoms with Crippen LogP contribution in [0.5, 0.6) is 0 Å². The number of halogens is 1. The summed E-state index contributed by atoms with van der Waals surface area (Å²) in [5, 5.41) is 3.14. The second kappa shape index (κ2) is 6.03. The number of carbonyl (C=O) groups excluding carboxylic acids is 1. The molecule has 19 heavy (non-hydrogen) atoms. The summed E-state index contributed by atoms with van der Waals surface area (Å²) in [6.07, 6.45) is 2.32. The third-order valence-electron chi connectivity index (χ3n) is 2.51. The van der Waals surface area contributed by atoms with Gasteiger partial charge >= 0.3 is 0 Å². The maximum Gasteiger partial charge on any atom is 0.250 e. The van der Waals surface area contributed by atoms with Crippen LogP contribution in [-0.4, -0.2) is 17.4 Å². The van der Waals surface area contributed by atoms with Crippen molar-refractivity contribution in [2.45, 2.75) is 6.42 Å². The van der Waals surface area contributed by atoms with Crippen molar-refractivity contribution in [3.63, 3.8) is 0 Å². The van der Waals surface area contributed by atoms with Gasteiger partial charge in [-0.05, 0) is 40.5 Å². The molecule has 5 N–H and O–H groups in total. The lowest BCUT2D eigenvalue weighted by Crippen LogP contribution is -2.15. The number of anilines is 2. The zero-order chi connectivity index (χ0) is 13.8. The van der Waals surface area contributed by atoms with Gasteiger partial charge in [0.25, 0.3) is 5.91 Å². The van der Waals surface area contributed by atoms with Crippen LogP contribution in [0.3, 0.4) is 0 Å². The van der Waals surface area contributed by atoms with E-state index in [1.807, 2.05) is 6.07 Å². The highest BCUT2D eigenvalue weighted by Crippen LogP contribution is 2.22. The Labute approximate surface area is 123 Å². The molecule has 0 atom stereocenters. The fraction of sp³-hybridized carbons (Fsp3) is 0.167. The molecule has 0 spiro atoms. The van der Waals surface area contributed by atoms with E-state index >= 15 is 0 Å². The summed E-state index contributed by atoms with van der Waals surface area (Å²) < 4.78 is 1.11. The summed E-state index contributed by atoms with van der Waals surface area (Å²) in [5.74, 6) is 0.0451. The van der Waals surface area contributed by atoms with Crippen molar-refractivity contribution >= 4 is 44.7 Å². The van der Waals surface area contributed by atoms with Gasteiger partial charge in [-0.25, -0.2) is 4.98 Å². The fourth-order valence-corrected chi connectivity index (χ4v) is 3.06. The Morgan fingerprint density at radius 1 is 1.47 bits per heavy atom. The first kappa shape index (κ1) is 13.8. The number of primary amides is 1. The highest BCUT2D eigenvalue weighted by molar-refractivity contribution is 9.11. The molecule has 0 unspecified atom stereocenters. The van der Waals surface area contributed by atoms with Gasteiger partial charge in [-0.15, -0.1) is 11.3 Å². The monoisotopic (exact) mass is 340 g/mol. The van der Waals surface area contributed by atoms with Gasteiger partial charge in [-0.2, -0.15) is 0 Å². The molecule has 7 heteroatoms. The van der Waals surface area contributed by atoms with Gasteiger partial charge in [0.1, 0.15) is 5.82 Å². The highest BCUT2D eigenvalue weighted by Gasteiger charge is 2.07. The number of nitrogens with two attached hydrogens (primary N) is 2. The molecular formula is C12H13BrN4OS. The number of nitrogens with zero attached hydrogens (tertiary/aromatic N) is 1. The summed E-state index contributed by atoms with van der Waals surface area (Å²) >= 11 is 5.12. The van der Waals surface area contributed by atoms with Gasteiger partial charge < -0.3 is 16.8 Å². The van der Waals surface area contributed by atoms with Crippen molar-refractivity contribution in [3.8, 4) is 0 Å². The number of nitrogens with one attached hydrogen (secondary N) is 1. The first-order valence-corrected chi connectivity index (χ1v) is 7.20. The zero-order valence-electron chi connectivity index (χ0n) is 10.0. The van der Waals surface area contributed by atoms with Gasteiger partial charge in [0.15, 0.2) is 0 Å². The summed E-state index contributed by atoms with van der Waals surface area (Å²) in [4.78, 5) is 16.5. The maximum absolute atomic E-state index is 11.2. The lowest BCUT2D eigenvalue weighted by atomic mass is 10.2. The van der Waals surface area contributed by atoms with E-state index in [2.05, 4.69) is 32.3 Å². The highest BCUT2D eigenvalue weighted by atomic mass is 79.9. The number of thiophene rings is 1. The number of aromatic nitrogens is 1. The Hall–Kier alpha value is -1.60. The molecule has 0 radical (unpaired) electrons. The topological polar surface area (TPSA) is 94.0 Å². The average molecular weight is 341 g/mol. The molecule has 0 bridgehead atoms. The quantitative estimate of drug-likeness (QED) is 0.777.